The summed E-state index contributed by atoms with van der Waals surface area (Å²) in [5.41, 5.74) is 5.39. The van der Waals surface area contributed by atoms with Crippen LogP contribution in [0.3, 0.4) is 0 Å². The molecule has 6 nitrogen and oxygen atoms in total. The first-order valence-corrected chi connectivity index (χ1v) is 10.5. The van der Waals surface area contributed by atoms with Crippen LogP contribution in [0, 0.1) is 5.82 Å². The molecule has 7 heteroatoms. The summed E-state index contributed by atoms with van der Waals surface area (Å²) in [6, 6.07) is 16.8. The Labute approximate surface area is 178 Å². The van der Waals surface area contributed by atoms with E-state index in [-0.39, 0.29) is 17.8 Å². The van der Waals surface area contributed by atoms with E-state index in [4.69, 9.17) is 5.10 Å². The lowest BCUT2D eigenvalue weighted by atomic mass is 10.0. The minimum atomic E-state index is -0.214. The molecule has 4 aromatic rings. The first-order valence-electron chi connectivity index (χ1n) is 10.5. The third kappa shape index (κ3) is 3.04. The molecule has 1 atom stereocenters. The van der Waals surface area contributed by atoms with Crippen LogP contribution in [0.25, 0.3) is 16.9 Å². The average Bonchev–Trinajstić information content (AvgIpc) is 3.49. The Morgan fingerprint density at radius 2 is 2.03 bits per heavy atom. The Morgan fingerprint density at radius 3 is 2.94 bits per heavy atom. The van der Waals surface area contributed by atoms with Gasteiger partial charge < -0.3 is 10.2 Å². The molecule has 6 rings (SSSR count). The van der Waals surface area contributed by atoms with Gasteiger partial charge in [0.1, 0.15) is 11.6 Å². The molecule has 4 heterocycles. The number of hydrogen-bond donors (Lipinski definition) is 1. The van der Waals surface area contributed by atoms with Crippen LogP contribution in [-0.4, -0.2) is 27.0 Å². The first kappa shape index (κ1) is 18.1. The van der Waals surface area contributed by atoms with Gasteiger partial charge in [0.05, 0.1) is 24.4 Å². The molecule has 1 fully saturated rings. The molecule has 1 N–H and O–H groups in total. The molecule has 1 saturated heterocycles. The molecular weight excluding hydrogens is 393 g/mol. The highest BCUT2D eigenvalue weighted by molar-refractivity contribution is 5.99. The lowest BCUT2D eigenvalue weighted by molar-refractivity contribution is -0.115. The van der Waals surface area contributed by atoms with Crippen LogP contribution in [0.2, 0.25) is 0 Å². The molecule has 1 unspecified atom stereocenters. The van der Waals surface area contributed by atoms with Gasteiger partial charge in [-0.1, -0.05) is 24.3 Å². The number of nitrogens with zero attached hydrogens (tertiary/aromatic N) is 4. The molecule has 154 valence electrons. The maximum Gasteiger partial charge on any atom is 0.228 e. The predicted molar refractivity (Wildman–Crippen MR) is 116 cm³/mol. The summed E-state index contributed by atoms with van der Waals surface area (Å²) in [5.74, 6) is 0.643. The molecule has 2 aromatic carbocycles. The average molecular weight is 413 g/mol. The van der Waals surface area contributed by atoms with Gasteiger partial charge in [-0.15, -0.1) is 5.10 Å². The summed E-state index contributed by atoms with van der Waals surface area (Å²) in [5, 5.41) is 7.80. The van der Waals surface area contributed by atoms with E-state index in [1.54, 1.807) is 18.3 Å². The number of benzene rings is 2. The van der Waals surface area contributed by atoms with Crippen molar-refractivity contribution >= 4 is 23.1 Å². The van der Waals surface area contributed by atoms with Crippen molar-refractivity contribution in [1.82, 2.24) is 14.6 Å². The first-order chi connectivity index (χ1) is 15.2. The third-order valence-electron chi connectivity index (χ3n) is 6.16. The van der Waals surface area contributed by atoms with Gasteiger partial charge in [-0.05, 0) is 54.3 Å². The van der Waals surface area contributed by atoms with Crippen LogP contribution >= 0.6 is 0 Å². The van der Waals surface area contributed by atoms with Crippen molar-refractivity contribution in [2.24, 2.45) is 0 Å². The topological polar surface area (TPSA) is 62.5 Å². The van der Waals surface area contributed by atoms with E-state index in [9.17, 15) is 9.18 Å². The number of hydrogen-bond acceptors (Lipinski definition) is 4. The second-order valence-corrected chi connectivity index (χ2v) is 8.11. The maximum absolute atomic E-state index is 13.8. The van der Waals surface area contributed by atoms with Crippen LogP contribution in [-0.2, 0) is 11.2 Å². The molecular formula is C24H20FN5O. The zero-order valence-electron chi connectivity index (χ0n) is 16.8. The number of carbonyl (C=O) groups is 1. The molecule has 31 heavy (non-hydrogen) atoms. The minimum Gasteiger partial charge on any atom is -0.348 e. The lowest BCUT2D eigenvalue weighted by Gasteiger charge is -2.26. The van der Waals surface area contributed by atoms with E-state index in [2.05, 4.69) is 15.2 Å². The fourth-order valence-corrected chi connectivity index (χ4v) is 4.69. The van der Waals surface area contributed by atoms with Crippen molar-refractivity contribution < 1.29 is 9.18 Å². The van der Waals surface area contributed by atoms with Gasteiger partial charge in [-0.3, -0.25) is 4.79 Å². The number of aromatic nitrogens is 3. The highest BCUT2D eigenvalue weighted by Gasteiger charge is 2.28. The number of imidazole rings is 1. The molecule has 2 aromatic heterocycles. The predicted octanol–water partition coefficient (Wildman–Crippen LogP) is 4.37. The highest BCUT2D eigenvalue weighted by atomic mass is 19.1. The Balaban J connectivity index is 1.40. The van der Waals surface area contributed by atoms with Crippen molar-refractivity contribution in [3.8, 4) is 11.3 Å². The number of anilines is 2. The fourth-order valence-electron chi connectivity index (χ4n) is 4.69. The summed E-state index contributed by atoms with van der Waals surface area (Å²) in [6.07, 6.45) is 4.22. The highest BCUT2D eigenvalue weighted by Crippen LogP contribution is 2.36. The molecule has 2 aliphatic rings. The fraction of sp³-hybridized carbons (Fsp3) is 0.208. The third-order valence-corrected chi connectivity index (χ3v) is 6.16. The SMILES string of the molecule is O=C1Cc2ccc(-c3cnc4ccc(N5CCCC5c5cccc(F)c5)nn34)cc2N1. The molecule has 0 radical (unpaired) electrons. The van der Waals surface area contributed by atoms with Crippen molar-refractivity contribution in [1.29, 1.82) is 0 Å². The number of halogens is 1. The van der Waals surface area contributed by atoms with Gasteiger partial charge in [0.15, 0.2) is 5.65 Å². The van der Waals surface area contributed by atoms with Gasteiger partial charge >= 0.3 is 0 Å². The summed E-state index contributed by atoms with van der Waals surface area (Å²) < 4.78 is 15.6. The molecule has 1 amide bonds. The van der Waals surface area contributed by atoms with Crippen molar-refractivity contribution in [3.05, 3.63) is 77.7 Å². The molecule has 0 saturated carbocycles. The second kappa shape index (κ2) is 6.91. The number of amides is 1. The number of nitrogens with one attached hydrogen (secondary N) is 1. The van der Waals surface area contributed by atoms with E-state index in [0.29, 0.717) is 6.42 Å². The van der Waals surface area contributed by atoms with E-state index in [1.165, 1.54) is 6.07 Å². The summed E-state index contributed by atoms with van der Waals surface area (Å²) >= 11 is 0. The standard InChI is InChI=1S/C24H20FN5O/c25-18-4-1-3-16(11-18)20-5-2-10-29(20)23-9-8-22-26-14-21(30(22)28-23)17-7-6-15-13-24(31)27-19(15)12-17/h1,3-4,6-9,11-12,14,20H,2,5,10,13H2,(H,27,31). The van der Waals surface area contributed by atoms with Crippen molar-refractivity contribution in [2.45, 2.75) is 25.3 Å². The summed E-state index contributed by atoms with van der Waals surface area (Å²) in [4.78, 5) is 18.4. The summed E-state index contributed by atoms with van der Waals surface area (Å²) in [6.45, 7) is 0.870. The van der Waals surface area contributed by atoms with Crippen LogP contribution in [0.1, 0.15) is 30.0 Å². The van der Waals surface area contributed by atoms with E-state index >= 15 is 0 Å². The number of carbonyl (C=O) groups excluding carboxylic acids is 1. The van der Waals surface area contributed by atoms with Gasteiger partial charge in [-0.25, -0.2) is 13.9 Å². The maximum atomic E-state index is 13.8. The van der Waals surface area contributed by atoms with Crippen molar-refractivity contribution in [2.75, 3.05) is 16.8 Å². The monoisotopic (exact) mass is 413 g/mol. The van der Waals surface area contributed by atoms with E-state index in [0.717, 1.165) is 58.9 Å². The second-order valence-electron chi connectivity index (χ2n) is 8.11. The zero-order valence-corrected chi connectivity index (χ0v) is 16.8. The summed E-state index contributed by atoms with van der Waals surface area (Å²) in [7, 11) is 0. The van der Waals surface area contributed by atoms with Gasteiger partial charge in [0, 0.05) is 17.8 Å². The Morgan fingerprint density at radius 1 is 1.10 bits per heavy atom. The smallest absolute Gasteiger partial charge is 0.228 e. The van der Waals surface area contributed by atoms with Gasteiger partial charge in [0.25, 0.3) is 0 Å². The quantitative estimate of drug-likeness (QED) is 0.542. The lowest BCUT2D eigenvalue weighted by Crippen LogP contribution is -2.24. The van der Waals surface area contributed by atoms with Crippen LogP contribution in [0.5, 0.6) is 0 Å². The van der Waals surface area contributed by atoms with Crippen LogP contribution in [0.15, 0.2) is 60.8 Å². The van der Waals surface area contributed by atoms with Crippen LogP contribution in [0.4, 0.5) is 15.9 Å². The minimum absolute atomic E-state index is 0.0168. The molecule has 2 aliphatic heterocycles. The van der Waals surface area contributed by atoms with E-state index in [1.807, 2.05) is 40.9 Å². The Kier molecular flexibility index (Phi) is 4.02. The number of rotatable bonds is 3. The molecule has 0 bridgehead atoms. The molecule has 0 spiro atoms. The van der Waals surface area contributed by atoms with Crippen molar-refractivity contribution in [3.63, 3.8) is 0 Å². The van der Waals surface area contributed by atoms with Gasteiger partial charge in [-0.2, -0.15) is 0 Å². The Bertz CT molecular complexity index is 1330. The normalized spacial score (nSPS) is 17.9. The van der Waals surface area contributed by atoms with E-state index < -0.39 is 0 Å². The zero-order chi connectivity index (χ0) is 20.9. The molecule has 0 aliphatic carbocycles. The van der Waals surface area contributed by atoms with Crippen LogP contribution < -0.4 is 10.2 Å². The Hall–Kier alpha value is -3.74. The largest absolute Gasteiger partial charge is 0.348 e. The van der Waals surface area contributed by atoms with Gasteiger partial charge in [0.2, 0.25) is 5.91 Å². The number of fused-ring (bicyclic) bond motifs is 2.